The number of rotatable bonds is 5. The Kier molecular flexibility index (Phi) is 4.58. The fourth-order valence-corrected chi connectivity index (χ4v) is 2.46. The van der Waals surface area contributed by atoms with E-state index in [1.54, 1.807) is 0 Å². The third-order valence-electron chi connectivity index (χ3n) is 2.85. The van der Waals surface area contributed by atoms with E-state index >= 15 is 0 Å². The Labute approximate surface area is 117 Å². The Morgan fingerprint density at radius 3 is 3.05 bits per heavy atom. The summed E-state index contributed by atoms with van der Waals surface area (Å²) in [7, 11) is 0. The number of fused-ring (bicyclic) bond motifs is 1. The predicted octanol–water partition coefficient (Wildman–Crippen LogP) is 2.71. The van der Waals surface area contributed by atoms with Gasteiger partial charge in [-0.15, -0.1) is 0 Å². The van der Waals surface area contributed by atoms with Crippen LogP contribution < -0.4 is 14.8 Å². The monoisotopic (exact) mass is 281 g/mol. The molecule has 1 aromatic rings. The van der Waals surface area contributed by atoms with Gasteiger partial charge in [0.05, 0.1) is 18.0 Å². The zero-order valence-corrected chi connectivity index (χ0v) is 12.3. The molecule has 0 radical (unpaired) electrons. The minimum Gasteiger partial charge on any atom is -0.492 e. The minimum atomic E-state index is -0.0283. The summed E-state index contributed by atoms with van der Waals surface area (Å²) in [6, 6.07) is 3.83. The van der Waals surface area contributed by atoms with E-state index in [0.29, 0.717) is 23.8 Å². The predicted molar refractivity (Wildman–Crippen MR) is 78.4 cm³/mol. The molecule has 1 amide bonds. The van der Waals surface area contributed by atoms with E-state index in [-0.39, 0.29) is 12.0 Å². The molecule has 0 fully saturated rings. The van der Waals surface area contributed by atoms with Gasteiger partial charge in [0.25, 0.3) is 0 Å². The van der Waals surface area contributed by atoms with Gasteiger partial charge in [-0.1, -0.05) is 0 Å². The van der Waals surface area contributed by atoms with Crippen LogP contribution in [0.25, 0.3) is 0 Å². The van der Waals surface area contributed by atoms with Crippen molar-refractivity contribution < 1.29 is 14.3 Å². The number of anilines is 1. The third-order valence-corrected chi connectivity index (χ3v) is 3.40. The highest BCUT2D eigenvalue weighted by atomic mass is 32.2. The van der Waals surface area contributed by atoms with Gasteiger partial charge >= 0.3 is 0 Å². The number of nitrogens with one attached hydrogen (secondary N) is 1. The average Bonchev–Trinajstić information content (AvgIpc) is 2.69. The van der Waals surface area contributed by atoms with Gasteiger partial charge in [-0.05, 0) is 26.2 Å². The van der Waals surface area contributed by atoms with Gasteiger partial charge in [0.15, 0.2) is 0 Å². The maximum Gasteiger partial charge on any atom is 0.234 e. The molecule has 0 bridgehead atoms. The lowest BCUT2D eigenvalue weighted by atomic mass is 10.1. The van der Waals surface area contributed by atoms with Crippen molar-refractivity contribution in [2.24, 2.45) is 0 Å². The maximum absolute atomic E-state index is 11.7. The molecule has 0 spiro atoms. The van der Waals surface area contributed by atoms with Crippen molar-refractivity contribution in [1.82, 2.24) is 0 Å². The lowest BCUT2D eigenvalue weighted by molar-refractivity contribution is -0.113. The third kappa shape index (κ3) is 3.35. The van der Waals surface area contributed by atoms with Gasteiger partial charge < -0.3 is 14.8 Å². The first-order chi connectivity index (χ1) is 9.13. The summed E-state index contributed by atoms with van der Waals surface area (Å²) in [4.78, 5) is 11.7. The lowest BCUT2D eigenvalue weighted by Gasteiger charge is -2.13. The Balaban J connectivity index is 2.25. The number of carbonyl (C=O) groups excluding carboxylic acids is 1. The van der Waals surface area contributed by atoms with Crippen molar-refractivity contribution in [3.05, 3.63) is 17.7 Å². The van der Waals surface area contributed by atoms with Crippen LogP contribution in [0.3, 0.4) is 0 Å². The van der Waals surface area contributed by atoms with Crippen molar-refractivity contribution >= 4 is 23.4 Å². The van der Waals surface area contributed by atoms with Gasteiger partial charge in [0, 0.05) is 18.1 Å². The Hall–Kier alpha value is -1.36. The van der Waals surface area contributed by atoms with E-state index in [9.17, 15) is 4.79 Å². The van der Waals surface area contributed by atoms with Crippen LogP contribution >= 0.6 is 11.8 Å². The molecule has 0 saturated heterocycles. The second kappa shape index (κ2) is 6.19. The normalized spacial score (nSPS) is 16.7. The number of benzene rings is 1. The lowest BCUT2D eigenvalue weighted by Crippen LogP contribution is -2.14. The minimum absolute atomic E-state index is 0.0283. The molecular weight excluding hydrogens is 262 g/mol. The molecule has 2 rings (SSSR count). The highest BCUT2D eigenvalue weighted by Crippen LogP contribution is 2.38. The first-order valence-electron chi connectivity index (χ1n) is 6.39. The SMILES string of the molecule is CCOc1cc2c(cc1NC(=O)CSC)OC(C)C2. The van der Waals surface area contributed by atoms with Crippen LogP contribution in [-0.4, -0.2) is 30.6 Å². The van der Waals surface area contributed by atoms with Crippen LogP contribution in [-0.2, 0) is 11.2 Å². The summed E-state index contributed by atoms with van der Waals surface area (Å²) in [5.74, 6) is 1.96. The van der Waals surface area contributed by atoms with E-state index < -0.39 is 0 Å². The number of hydrogen-bond donors (Lipinski definition) is 1. The van der Waals surface area contributed by atoms with Gasteiger partial charge in [-0.2, -0.15) is 11.8 Å². The van der Waals surface area contributed by atoms with Crippen LogP contribution in [0.5, 0.6) is 11.5 Å². The number of thioether (sulfide) groups is 1. The summed E-state index contributed by atoms with van der Waals surface area (Å²) < 4.78 is 11.3. The molecule has 1 heterocycles. The molecule has 0 aliphatic carbocycles. The summed E-state index contributed by atoms with van der Waals surface area (Å²) >= 11 is 1.49. The van der Waals surface area contributed by atoms with E-state index in [0.717, 1.165) is 17.7 Å². The van der Waals surface area contributed by atoms with Crippen molar-refractivity contribution in [2.75, 3.05) is 23.9 Å². The fraction of sp³-hybridized carbons (Fsp3) is 0.500. The Bertz CT molecular complexity index is 476. The van der Waals surface area contributed by atoms with Gasteiger partial charge in [-0.3, -0.25) is 4.79 Å². The van der Waals surface area contributed by atoms with Gasteiger partial charge in [0.2, 0.25) is 5.91 Å². The quantitative estimate of drug-likeness (QED) is 0.901. The fourth-order valence-electron chi connectivity index (χ4n) is 2.13. The zero-order chi connectivity index (χ0) is 13.8. The highest BCUT2D eigenvalue weighted by molar-refractivity contribution is 7.99. The molecule has 4 nitrogen and oxygen atoms in total. The Morgan fingerprint density at radius 1 is 1.58 bits per heavy atom. The molecule has 1 N–H and O–H groups in total. The molecule has 1 aliphatic rings. The second-order valence-electron chi connectivity index (χ2n) is 4.50. The summed E-state index contributed by atoms with van der Waals surface area (Å²) in [5.41, 5.74) is 1.83. The molecule has 5 heteroatoms. The average molecular weight is 281 g/mol. The van der Waals surface area contributed by atoms with E-state index in [4.69, 9.17) is 9.47 Å². The number of carbonyl (C=O) groups is 1. The molecule has 104 valence electrons. The first kappa shape index (κ1) is 14.1. The summed E-state index contributed by atoms with van der Waals surface area (Å²) in [6.45, 7) is 4.53. The van der Waals surface area contributed by atoms with E-state index in [2.05, 4.69) is 5.32 Å². The number of ether oxygens (including phenoxy) is 2. The van der Waals surface area contributed by atoms with Gasteiger partial charge in [-0.25, -0.2) is 0 Å². The molecule has 1 atom stereocenters. The summed E-state index contributed by atoms with van der Waals surface area (Å²) in [6.07, 6.45) is 2.96. The zero-order valence-electron chi connectivity index (χ0n) is 11.5. The van der Waals surface area contributed by atoms with Crippen molar-refractivity contribution in [3.8, 4) is 11.5 Å². The second-order valence-corrected chi connectivity index (χ2v) is 5.37. The molecule has 0 saturated carbocycles. The largest absolute Gasteiger partial charge is 0.492 e. The topological polar surface area (TPSA) is 47.6 Å². The van der Waals surface area contributed by atoms with Crippen molar-refractivity contribution in [1.29, 1.82) is 0 Å². The van der Waals surface area contributed by atoms with E-state index in [1.807, 2.05) is 32.2 Å². The molecule has 1 aliphatic heterocycles. The molecule has 1 unspecified atom stereocenters. The first-order valence-corrected chi connectivity index (χ1v) is 7.78. The highest BCUT2D eigenvalue weighted by Gasteiger charge is 2.22. The van der Waals surface area contributed by atoms with E-state index in [1.165, 1.54) is 11.8 Å². The van der Waals surface area contributed by atoms with Crippen LogP contribution in [0.15, 0.2) is 12.1 Å². The summed E-state index contributed by atoms with van der Waals surface area (Å²) in [5, 5.41) is 2.88. The number of hydrogen-bond acceptors (Lipinski definition) is 4. The van der Waals surface area contributed by atoms with Crippen LogP contribution in [0.1, 0.15) is 19.4 Å². The number of amides is 1. The van der Waals surface area contributed by atoms with Crippen LogP contribution in [0, 0.1) is 0 Å². The standard InChI is InChI=1S/C14H19NO3S/c1-4-17-13-6-10-5-9(2)18-12(10)7-11(13)15-14(16)8-19-3/h6-7,9H,4-5,8H2,1-3H3,(H,15,16). The van der Waals surface area contributed by atoms with Gasteiger partial charge in [0.1, 0.15) is 17.6 Å². The smallest absolute Gasteiger partial charge is 0.234 e. The molecular formula is C14H19NO3S. The van der Waals surface area contributed by atoms with Crippen LogP contribution in [0.2, 0.25) is 0 Å². The molecule has 19 heavy (non-hydrogen) atoms. The Morgan fingerprint density at radius 2 is 2.37 bits per heavy atom. The van der Waals surface area contributed by atoms with Crippen LogP contribution in [0.4, 0.5) is 5.69 Å². The van der Waals surface area contributed by atoms with Crippen molar-refractivity contribution in [2.45, 2.75) is 26.4 Å². The maximum atomic E-state index is 11.7. The molecule has 1 aromatic carbocycles. The molecule has 0 aromatic heterocycles. The van der Waals surface area contributed by atoms with Crippen molar-refractivity contribution in [3.63, 3.8) is 0 Å².